The van der Waals surface area contributed by atoms with E-state index in [1.165, 1.54) is 28.9 Å². The minimum atomic E-state index is -0.607. The number of aliphatic hydroxyl groups excluding tert-OH is 1. The van der Waals surface area contributed by atoms with Gasteiger partial charge in [0.05, 0.1) is 18.9 Å². The number of hydrogen-bond donors (Lipinski definition) is 2. The molecule has 2 N–H and O–H groups in total. The van der Waals surface area contributed by atoms with Crippen LogP contribution in [-0.2, 0) is 4.79 Å². The van der Waals surface area contributed by atoms with Gasteiger partial charge in [-0.2, -0.15) is 9.65 Å². The molecule has 5 heterocycles. The van der Waals surface area contributed by atoms with Gasteiger partial charge >= 0.3 is 0 Å². The molecule has 2 aliphatic heterocycles. The number of fused-ring (bicyclic) bond motifs is 1. The Labute approximate surface area is 218 Å². The van der Waals surface area contributed by atoms with Crippen molar-refractivity contribution in [1.29, 1.82) is 5.26 Å². The van der Waals surface area contributed by atoms with Gasteiger partial charge < -0.3 is 20.2 Å². The average molecular weight is 526 g/mol. The van der Waals surface area contributed by atoms with Crippen LogP contribution < -0.4 is 10.2 Å². The van der Waals surface area contributed by atoms with Gasteiger partial charge in [0.2, 0.25) is 11.7 Å². The number of aliphatic hydroxyl groups is 1. The predicted molar refractivity (Wildman–Crippen MR) is 135 cm³/mol. The number of halogens is 2. The summed E-state index contributed by atoms with van der Waals surface area (Å²) in [4.78, 5) is 31.2. The molecule has 2 fully saturated rings. The largest absolute Gasteiger partial charge is 0.395 e. The van der Waals surface area contributed by atoms with E-state index in [1.54, 1.807) is 4.90 Å². The van der Waals surface area contributed by atoms with Crippen LogP contribution in [0.4, 0.5) is 20.4 Å². The molecule has 3 aromatic heterocycles. The summed E-state index contributed by atoms with van der Waals surface area (Å²) in [5.74, 6) is -1.01. The van der Waals surface area contributed by atoms with Crippen LogP contribution in [0, 0.1) is 23.0 Å². The lowest BCUT2D eigenvalue weighted by atomic mass is 10.1. The van der Waals surface area contributed by atoms with Crippen molar-refractivity contribution >= 4 is 23.2 Å². The SMILES string of the molecule is N#CCC(=O)N1CCCC(Nc2nc(-c3cnc4ccc(F)cn34)nc(N3CCN(CCO)CC3)c2F)C1. The molecule has 0 saturated carbocycles. The molecule has 5 rings (SSSR count). The number of nitriles is 1. The van der Waals surface area contributed by atoms with Gasteiger partial charge in [-0.3, -0.25) is 14.1 Å². The van der Waals surface area contributed by atoms with E-state index in [9.17, 15) is 14.3 Å². The molecule has 13 heteroatoms. The molecule has 0 spiro atoms. The molecule has 1 amide bonds. The smallest absolute Gasteiger partial charge is 0.236 e. The number of imidazole rings is 1. The first-order valence-electron chi connectivity index (χ1n) is 12.7. The van der Waals surface area contributed by atoms with Crippen LogP contribution in [-0.4, -0.2) is 98.6 Å². The van der Waals surface area contributed by atoms with E-state index in [1.807, 2.05) is 11.0 Å². The van der Waals surface area contributed by atoms with Crippen molar-refractivity contribution < 1.29 is 18.7 Å². The summed E-state index contributed by atoms with van der Waals surface area (Å²) < 4.78 is 31.5. The van der Waals surface area contributed by atoms with Crippen LogP contribution in [0.5, 0.6) is 0 Å². The topological polar surface area (TPSA) is 126 Å². The maximum Gasteiger partial charge on any atom is 0.236 e. The zero-order valence-corrected chi connectivity index (χ0v) is 20.9. The molecule has 200 valence electrons. The number of anilines is 2. The highest BCUT2D eigenvalue weighted by atomic mass is 19.1. The summed E-state index contributed by atoms with van der Waals surface area (Å²) in [6, 6.07) is 4.47. The molecular formula is C25H29F2N9O2. The molecule has 11 nitrogen and oxygen atoms in total. The van der Waals surface area contributed by atoms with Crippen molar-refractivity contribution in [3.8, 4) is 17.6 Å². The number of carbonyl (C=O) groups is 1. The molecule has 0 aliphatic carbocycles. The highest BCUT2D eigenvalue weighted by Gasteiger charge is 2.28. The Morgan fingerprint density at radius 2 is 2.00 bits per heavy atom. The molecule has 3 aromatic rings. The van der Waals surface area contributed by atoms with Crippen LogP contribution in [0.1, 0.15) is 19.3 Å². The number of nitrogens with one attached hydrogen (secondary N) is 1. The van der Waals surface area contributed by atoms with Crippen molar-refractivity contribution in [2.75, 3.05) is 62.6 Å². The average Bonchev–Trinajstić information content (AvgIpc) is 3.34. The number of pyridine rings is 1. The quantitative estimate of drug-likeness (QED) is 0.472. The Hall–Kier alpha value is -3.89. The third-order valence-corrected chi connectivity index (χ3v) is 6.97. The fourth-order valence-electron chi connectivity index (χ4n) is 4.99. The van der Waals surface area contributed by atoms with Gasteiger partial charge in [0.15, 0.2) is 17.5 Å². The van der Waals surface area contributed by atoms with E-state index in [2.05, 4.69) is 25.2 Å². The van der Waals surface area contributed by atoms with Crippen LogP contribution in [0.25, 0.3) is 17.2 Å². The van der Waals surface area contributed by atoms with Crippen molar-refractivity contribution in [2.45, 2.75) is 25.3 Å². The first kappa shape index (κ1) is 25.7. The number of carbonyl (C=O) groups excluding carboxylic acids is 1. The normalized spacial score (nSPS) is 18.5. The summed E-state index contributed by atoms with van der Waals surface area (Å²) in [5, 5.41) is 21.3. The van der Waals surface area contributed by atoms with E-state index in [-0.39, 0.29) is 42.4 Å². The van der Waals surface area contributed by atoms with Crippen molar-refractivity contribution in [2.24, 2.45) is 0 Å². The van der Waals surface area contributed by atoms with E-state index in [4.69, 9.17) is 5.26 Å². The second-order valence-electron chi connectivity index (χ2n) is 9.46. The summed E-state index contributed by atoms with van der Waals surface area (Å²) in [6.45, 7) is 3.78. The maximum atomic E-state index is 15.9. The summed E-state index contributed by atoms with van der Waals surface area (Å²) in [5.41, 5.74) is 0.916. The number of rotatable bonds is 7. The highest BCUT2D eigenvalue weighted by Crippen LogP contribution is 2.29. The summed E-state index contributed by atoms with van der Waals surface area (Å²) in [7, 11) is 0. The number of likely N-dealkylation sites (tertiary alicyclic amines) is 1. The lowest BCUT2D eigenvalue weighted by Gasteiger charge is -2.36. The number of hydrogen-bond acceptors (Lipinski definition) is 9. The molecule has 0 bridgehead atoms. The van der Waals surface area contributed by atoms with Crippen LogP contribution in [0.3, 0.4) is 0 Å². The van der Waals surface area contributed by atoms with Crippen LogP contribution in [0.2, 0.25) is 0 Å². The third-order valence-electron chi connectivity index (χ3n) is 6.97. The highest BCUT2D eigenvalue weighted by molar-refractivity contribution is 5.78. The molecule has 2 saturated heterocycles. The van der Waals surface area contributed by atoms with Gasteiger partial charge in [-0.1, -0.05) is 0 Å². The molecule has 38 heavy (non-hydrogen) atoms. The Bertz CT molecular complexity index is 1350. The Morgan fingerprint density at radius 3 is 2.76 bits per heavy atom. The van der Waals surface area contributed by atoms with Gasteiger partial charge in [-0.25, -0.2) is 19.3 Å². The first-order valence-corrected chi connectivity index (χ1v) is 12.7. The standard InChI is InChI=1S/C25H29F2N9O2/c26-17-3-4-20-29-14-19(36(20)15-17)23-31-24(30-18-2-1-7-35(16-18)21(38)5-6-28)22(27)25(32-23)34-10-8-33(9-11-34)12-13-37/h3-4,14-15,18,37H,1-2,5,7-13,16H2,(H,30,31,32). The van der Waals surface area contributed by atoms with E-state index in [0.29, 0.717) is 70.0 Å². The van der Waals surface area contributed by atoms with Gasteiger partial charge in [-0.05, 0) is 25.0 Å². The molecular weight excluding hydrogens is 496 g/mol. The molecule has 1 atom stereocenters. The first-order chi connectivity index (χ1) is 18.5. The van der Waals surface area contributed by atoms with Gasteiger partial charge in [0.1, 0.15) is 23.6 Å². The zero-order chi connectivity index (χ0) is 26.6. The second kappa shape index (κ2) is 11.2. The lowest BCUT2D eigenvalue weighted by Crippen LogP contribution is -2.48. The van der Waals surface area contributed by atoms with Crippen LogP contribution in [0.15, 0.2) is 24.5 Å². The van der Waals surface area contributed by atoms with Crippen molar-refractivity contribution in [1.82, 2.24) is 29.2 Å². The summed E-state index contributed by atoms with van der Waals surface area (Å²) >= 11 is 0. The number of β-amino-alcohol motifs (C(OH)–C–C–N with tert-alkyl or cyclic N) is 1. The van der Waals surface area contributed by atoms with Crippen molar-refractivity contribution in [3.63, 3.8) is 0 Å². The predicted octanol–water partition coefficient (Wildman–Crippen LogP) is 1.50. The number of amides is 1. The maximum absolute atomic E-state index is 15.9. The van der Waals surface area contributed by atoms with Gasteiger partial charge in [0.25, 0.3) is 0 Å². The number of piperidine rings is 1. The molecule has 1 unspecified atom stereocenters. The monoisotopic (exact) mass is 525 g/mol. The fourth-order valence-corrected chi connectivity index (χ4v) is 4.99. The number of piperazine rings is 1. The minimum Gasteiger partial charge on any atom is -0.395 e. The minimum absolute atomic E-state index is 0.00581. The Balaban J connectivity index is 1.49. The Morgan fingerprint density at radius 1 is 1.18 bits per heavy atom. The third kappa shape index (κ3) is 5.36. The van der Waals surface area contributed by atoms with Crippen molar-refractivity contribution in [3.05, 3.63) is 36.2 Å². The fraction of sp³-hybridized carbons (Fsp3) is 0.480. The molecule has 0 radical (unpaired) electrons. The molecule has 0 aromatic carbocycles. The van der Waals surface area contributed by atoms with E-state index >= 15 is 4.39 Å². The van der Waals surface area contributed by atoms with E-state index in [0.717, 1.165) is 0 Å². The number of nitrogens with zero attached hydrogens (tertiary/aromatic N) is 8. The summed E-state index contributed by atoms with van der Waals surface area (Å²) in [6.07, 6.45) is 4.02. The number of aromatic nitrogens is 4. The van der Waals surface area contributed by atoms with Gasteiger partial charge in [-0.15, -0.1) is 0 Å². The van der Waals surface area contributed by atoms with Crippen LogP contribution >= 0.6 is 0 Å². The zero-order valence-electron chi connectivity index (χ0n) is 20.9. The van der Waals surface area contributed by atoms with E-state index < -0.39 is 11.6 Å². The Kier molecular flexibility index (Phi) is 7.62. The van der Waals surface area contributed by atoms with Gasteiger partial charge in [0, 0.05) is 58.1 Å². The second-order valence-corrected chi connectivity index (χ2v) is 9.46. The lowest BCUT2D eigenvalue weighted by molar-refractivity contribution is -0.131. The molecule has 2 aliphatic rings.